The molecule has 0 saturated carbocycles. The first-order valence-electron chi connectivity index (χ1n) is 5.74. The molecule has 1 fully saturated rings. The van der Waals surface area contributed by atoms with Crippen LogP contribution in [-0.4, -0.2) is 42.1 Å². The summed E-state index contributed by atoms with van der Waals surface area (Å²) in [5.41, 5.74) is 6.28. The van der Waals surface area contributed by atoms with Crippen LogP contribution in [0, 0.1) is 0 Å². The van der Waals surface area contributed by atoms with Crippen LogP contribution >= 0.6 is 11.8 Å². The average molecular weight is 216 g/mol. The van der Waals surface area contributed by atoms with Crippen LogP contribution in [0.2, 0.25) is 0 Å². The Hall–Kier alpha value is 0.270. The predicted molar refractivity (Wildman–Crippen MR) is 65.9 cm³/mol. The fourth-order valence-corrected chi connectivity index (χ4v) is 3.38. The van der Waals surface area contributed by atoms with E-state index in [9.17, 15) is 0 Å². The van der Waals surface area contributed by atoms with E-state index < -0.39 is 0 Å². The van der Waals surface area contributed by atoms with Crippen molar-refractivity contribution in [1.82, 2.24) is 4.90 Å². The Labute approximate surface area is 92.6 Å². The van der Waals surface area contributed by atoms with E-state index in [1.54, 1.807) is 0 Å². The fraction of sp³-hybridized carbons (Fsp3) is 1.00. The van der Waals surface area contributed by atoms with E-state index in [1.165, 1.54) is 43.7 Å². The number of nitrogens with two attached hydrogens (primary N) is 1. The molecule has 3 heteroatoms. The maximum Gasteiger partial charge on any atom is 0.0344 e. The van der Waals surface area contributed by atoms with Gasteiger partial charge in [0.15, 0.2) is 0 Å². The van der Waals surface area contributed by atoms with E-state index in [0.29, 0.717) is 5.54 Å². The van der Waals surface area contributed by atoms with Crippen LogP contribution in [0.4, 0.5) is 0 Å². The molecule has 1 aliphatic heterocycles. The third kappa shape index (κ3) is 2.88. The van der Waals surface area contributed by atoms with Gasteiger partial charge < -0.3 is 5.73 Å². The molecule has 0 aromatic carbocycles. The molecule has 0 spiro atoms. The van der Waals surface area contributed by atoms with Gasteiger partial charge in [-0.25, -0.2) is 0 Å². The molecule has 1 aliphatic rings. The monoisotopic (exact) mass is 216 g/mol. The van der Waals surface area contributed by atoms with Crippen LogP contribution in [0.3, 0.4) is 0 Å². The highest BCUT2D eigenvalue weighted by Gasteiger charge is 2.34. The Morgan fingerprint density at radius 2 is 2.00 bits per heavy atom. The Bertz CT molecular complexity index is 155. The van der Waals surface area contributed by atoms with Crippen molar-refractivity contribution < 1.29 is 0 Å². The van der Waals surface area contributed by atoms with Gasteiger partial charge in [-0.1, -0.05) is 13.3 Å². The number of rotatable bonds is 5. The lowest BCUT2D eigenvalue weighted by Gasteiger charge is -2.44. The summed E-state index contributed by atoms with van der Waals surface area (Å²) in [6.45, 7) is 4.28. The minimum absolute atomic E-state index is 0.320. The second-order valence-corrected chi connectivity index (χ2v) is 5.54. The first-order valence-corrected chi connectivity index (χ1v) is 6.90. The summed E-state index contributed by atoms with van der Waals surface area (Å²) < 4.78 is 0. The minimum atomic E-state index is 0.320. The van der Waals surface area contributed by atoms with Gasteiger partial charge in [-0.3, -0.25) is 4.90 Å². The molecule has 0 bridgehead atoms. The molecular formula is C11H24N2S. The molecule has 0 aliphatic carbocycles. The van der Waals surface area contributed by atoms with Gasteiger partial charge in [-0.2, -0.15) is 11.8 Å². The standard InChI is InChI=1S/C11H24N2S/c1-3-4-7-13(2)11(10-12)5-8-14-9-6-11/h3-10,12H2,1-2H3. The number of unbranched alkanes of at least 4 members (excludes halogenated alkanes) is 1. The zero-order valence-electron chi connectivity index (χ0n) is 9.59. The van der Waals surface area contributed by atoms with Gasteiger partial charge in [-0.05, 0) is 44.4 Å². The number of thioether (sulfide) groups is 1. The van der Waals surface area contributed by atoms with Crippen molar-refractivity contribution >= 4 is 11.8 Å². The number of hydrogen-bond acceptors (Lipinski definition) is 3. The van der Waals surface area contributed by atoms with Crippen LogP contribution in [0.1, 0.15) is 32.6 Å². The molecule has 0 radical (unpaired) electrons. The third-order valence-electron chi connectivity index (χ3n) is 3.46. The maximum atomic E-state index is 5.96. The molecule has 0 aromatic rings. The smallest absolute Gasteiger partial charge is 0.0344 e. The van der Waals surface area contributed by atoms with Crippen molar-refractivity contribution in [2.24, 2.45) is 5.73 Å². The number of hydrogen-bond donors (Lipinski definition) is 1. The summed E-state index contributed by atoms with van der Waals surface area (Å²) in [5.74, 6) is 2.57. The van der Waals surface area contributed by atoms with Crippen molar-refractivity contribution in [2.45, 2.75) is 38.1 Å². The molecular weight excluding hydrogens is 192 g/mol. The second-order valence-electron chi connectivity index (χ2n) is 4.32. The minimum Gasteiger partial charge on any atom is -0.329 e. The fourth-order valence-electron chi connectivity index (χ4n) is 2.13. The summed E-state index contributed by atoms with van der Waals surface area (Å²) in [7, 11) is 2.25. The van der Waals surface area contributed by atoms with Gasteiger partial charge in [-0.15, -0.1) is 0 Å². The molecule has 2 N–H and O–H groups in total. The predicted octanol–water partition coefficient (Wildman–Crippen LogP) is 1.94. The Morgan fingerprint density at radius 3 is 2.50 bits per heavy atom. The molecule has 0 aromatic heterocycles. The molecule has 2 nitrogen and oxygen atoms in total. The van der Waals surface area contributed by atoms with Crippen LogP contribution in [0.15, 0.2) is 0 Å². The van der Waals surface area contributed by atoms with Gasteiger partial charge in [0.05, 0.1) is 0 Å². The van der Waals surface area contributed by atoms with Crippen LogP contribution in [0.5, 0.6) is 0 Å². The lowest BCUT2D eigenvalue weighted by molar-refractivity contribution is 0.113. The second kappa shape index (κ2) is 5.99. The molecule has 1 saturated heterocycles. The Morgan fingerprint density at radius 1 is 1.36 bits per heavy atom. The Balaban J connectivity index is 2.48. The zero-order valence-corrected chi connectivity index (χ0v) is 10.4. The molecule has 1 rings (SSSR count). The van der Waals surface area contributed by atoms with E-state index in [1.807, 2.05) is 0 Å². The van der Waals surface area contributed by atoms with Crippen molar-refractivity contribution in [3.63, 3.8) is 0 Å². The molecule has 0 amide bonds. The maximum absolute atomic E-state index is 5.96. The topological polar surface area (TPSA) is 29.3 Å². The first-order chi connectivity index (χ1) is 6.75. The quantitative estimate of drug-likeness (QED) is 0.761. The Kier molecular flexibility index (Phi) is 5.28. The van der Waals surface area contributed by atoms with Crippen molar-refractivity contribution in [1.29, 1.82) is 0 Å². The molecule has 0 unspecified atom stereocenters. The zero-order chi connectivity index (χ0) is 10.4. The van der Waals surface area contributed by atoms with E-state index in [0.717, 1.165) is 6.54 Å². The molecule has 84 valence electrons. The normalized spacial score (nSPS) is 21.4. The SMILES string of the molecule is CCCCN(C)C1(CN)CCSCC1. The van der Waals surface area contributed by atoms with Gasteiger partial charge in [0, 0.05) is 12.1 Å². The van der Waals surface area contributed by atoms with Crippen LogP contribution in [0.25, 0.3) is 0 Å². The summed E-state index contributed by atoms with van der Waals surface area (Å²) >= 11 is 2.07. The van der Waals surface area contributed by atoms with Gasteiger partial charge in [0.1, 0.15) is 0 Å². The van der Waals surface area contributed by atoms with Gasteiger partial charge in [0.2, 0.25) is 0 Å². The highest BCUT2D eigenvalue weighted by atomic mass is 32.2. The molecule has 14 heavy (non-hydrogen) atoms. The summed E-state index contributed by atoms with van der Waals surface area (Å²) in [6, 6.07) is 0. The average Bonchev–Trinajstić information content (AvgIpc) is 2.26. The van der Waals surface area contributed by atoms with Crippen molar-refractivity contribution in [2.75, 3.05) is 31.6 Å². The van der Waals surface area contributed by atoms with Gasteiger partial charge in [0.25, 0.3) is 0 Å². The summed E-state index contributed by atoms with van der Waals surface area (Å²) in [6.07, 6.45) is 5.12. The van der Waals surface area contributed by atoms with E-state index in [4.69, 9.17) is 5.73 Å². The lowest BCUT2D eigenvalue weighted by atomic mass is 9.90. The first kappa shape index (κ1) is 12.3. The van der Waals surface area contributed by atoms with E-state index in [2.05, 4.69) is 30.6 Å². The molecule has 1 heterocycles. The lowest BCUT2D eigenvalue weighted by Crippen LogP contribution is -2.54. The molecule has 0 atom stereocenters. The van der Waals surface area contributed by atoms with Crippen LogP contribution in [-0.2, 0) is 0 Å². The van der Waals surface area contributed by atoms with Crippen LogP contribution < -0.4 is 5.73 Å². The van der Waals surface area contributed by atoms with E-state index >= 15 is 0 Å². The largest absolute Gasteiger partial charge is 0.329 e. The summed E-state index contributed by atoms with van der Waals surface area (Å²) in [5, 5.41) is 0. The van der Waals surface area contributed by atoms with Gasteiger partial charge >= 0.3 is 0 Å². The van der Waals surface area contributed by atoms with Crippen molar-refractivity contribution in [3.8, 4) is 0 Å². The van der Waals surface area contributed by atoms with Crippen molar-refractivity contribution in [3.05, 3.63) is 0 Å². The number of likely N-dealkylation sites (N-methyl/N-ethyl adjacent to an activating group) is 1. The summed E-state index contributed by atoms with van der Waals surface area (Å²) in [4.78, 5) is 2.51. The third-order valence-corrected chi connectivity index (χ3v) is 4.45. The number of nitrogens with zero attached hydrogens (tertiary/aromatic N) is 1. The highest BCUT2D eigenvalue weighted by molar-refractivity contribution is 7.99. The highest BCUT2D eigenvalue weighted by Crippen LogP contribution is 2.30. The van der Waals surface area contributed by atoms with E-state index in [-0.39, 0.29) is 0 Å².